The van der Waals surface area contributed by atoms with Gasteiger partial charge in [-0.1, -0.05) is 37.3 Å². The van der Waals surface area contributed by atoms with Gasteiger partial charge in [0.1, 0.15) is 0 Å². The molecular formula is C16H23N. The molecule has 3 rings (SSSR count). The molecule has 1 saturated carbocycles. The highest BCUT2D eigenvalue weighted by Gasteiger charge is 2.45. The summed E-state index contributed by atoms with van der Waals surface area (Å²) in [7, 11) is 0. The molecule has 17 heavy (non-hydrogen) atoms. The first-order chi connectivity index (χ1) is 8.28. The van der Waals surface area contributed by atoms with E-state index in [1.807, 2.05) is 0 Å². The van der Waals surface area contributed by atoms with E-state index in [0.717, 1.165) is 12.5 Å². The zero-order chi connectivity index (χ0) is 11.7. The Hall–Kier alpha value is -0.820. The van der Waals surface area contributed by atoms with Gasteiger partial charge in [-0.2, -0.15) is 0 Å². The Balaban J connectivity index is 1.65. The van der Waals surface area contributed by atoms with E-state index < -0.39 is 0 Å². The standard InChI is InChI=1S/C16H23N/c1-14-8-10-16(14)9-5-11-17(13-16)12-15-6-3-2-4-7-15/h2-4,6-7,14H,5,8-13H2,1H3. The Morgan fingerprint density at radius 3 is 2.71 bits per heavy atom. The Labute approximate surface area is 105 Å². The van der Waals surface area contributed by atoms with E-state index in [4.69, 9.17) is 0 Å². The second-order valence-electron chi connectivity index (χ2n) is 6.10. The van der Waals surface area contributed by atoms with Crippen LogP contribution in [0.2, 0.25) is 0 Å². The monoisotopic (exact) mass is 229 g/mol. The second kappa shape index (κ2) is 4.45. The summed E-state index contributed by atoms with van der Waals surface area (Å²) in [6, 6.07) is 10.9. The van der Waals surface area contributed by atoms with Crippen LogP contribution >= 0.6 is 0 Å². The minimum atomic E-state index is 0.688. The van der Waals surface area contributed by atoms with Gasteiger partial charge >= 0.3 is 0 Å². The zero-order valence-corrected chi connectivity index (χ0v) is 10.9. The summed E-state index contributed by atoms with van der Waals surface area (Å²) < 4.78 is 0. The quantitative estimate of drug-likeness (QED) is 0.747. The van der Waals surface area contributed by atoms with Gasteiger partial charge in [0.25, 0.3) is 0 Å². The molecule has 0 amide bonds. The molecular weight excluding hydrogens is 206 g/mol. The summed E-state index contributed by atoms with van der Waals surface area (Å²) in [5.41, 5.74) is 2.16. The Kier molecular flexibility index (Phi) is 2.96. The maximum atomic E-state index is 2.68. The molecule has 1 nitrogen and oxygen atoms in total. The lowest BCUT2D eigenvalue weighted by molar-refractivity contribution is -0.0372. The van der Waals surface area contributed by atoms with Crippen molar-refractivity contribution in [2.24, 2.45) is 11.3 Å². The Morgan fingerprint density at radius 1 is 1.24 bits per heavy atom. The fraction of sp³-hybridized carbons (Fsp3) is 0.625. The third kappa shape index (κ3) is 2.13. The van der Waals surface area contributed by atoms with Gasteiger partial charge < -0.3 is 0 Å². The van der Waals surface area contributed by atoms with Crippen LogP contribution in [0.4, 0.5) is 0 Å². The van der Waals surface area contributed by atoms with E-state index in [1.54, 1.807) is 0 Å². The van der Waals surface area contributed by atoms with Crippen LogP contribution in [0, 0.1) is 11.3 Å². The molecule has 2 fully saturated rings. The van der Waals surface area contributed by atoms with E-state index >= 15 is 0 Å². The van der Waals surface area contributed by atoms with Gasteiger partial charge in [0.05, 0.1) is 0 Å². The Morgan fingerprint density at radius 2 is 2.06 bits per heavy atom. The van der Waals surface area contributed by atoms with E-state index in [9.17, 15) is 0 Å². The fourth-order valence-corrected chi connectivity index (χ4v) is 3.68. The highest BCUT2D eigenvalue weighted by molar-refractivity contribution is 5.14. The predicted molar refractivity (Wildman–Crippen MR) is 71.8 cm³/mol. The molecule has 2 aliphatic rings. The van der Waals surface area contributed by atoms with Gasteiger partial charge in [-0.3, -0.25) is 4.90 Å². The number of likely N-dealkylation sites (tertiary alicyclic amines) is 1. The van der Waals surface area contributed by atoms with E-state index in [1.165, 1.54) is 44.3 Å². The van der Waals surface area contributed by atoms with Crippen molar-refractivity contribution in [2.75, 3.05) is 13.1 Å². The van der Waals surface area contributed by atoms with Crippen molar-refractivity contribution in [3.05, 3.63) is 35.9 Å². The first-order valence-corrected chi connectivity index (χ1v) is 7.05. The molecule has 1 saturated heterocycles. The van der Waals surface area contributed by atoms with Crippen LogP contribution in [0.15, 0.2) is 30.3 Å². The van der Waals surface area contributed by atoms with E-state index in [-0.39, 0.29) is 0 Å². The SMILES string of the molecule is CC1CCC12CCCN(Cc1ccccc1)C2. The number of benzene rings is 1. The second-order valence-corrected chi connectivity index (χ2v) is 6.10. The summed E-state index contributed by atoms with van der Waals surface area (Å²) in [5, 5.41) is 0. The highest BCUT2D eigenvalue weighted by Crippen LogP contribution is 2.52. The molecule has 1 heteroatoms. The normalized spacial score (nSPS) is 33.6. The smallest absolute Gasteiger partial charge is 0.0233 e. The van der Waals surface area contributed by atoms with Crippen LogP contribution in [0.5, 0.6) is 0 Å². The van der Waals surface area contributed by atoms with Gasteiger partial charge in [0, 0.05) is 13.1 Å². The third-order valence-corrected chi connectivity index (χ3v) is 5.06. The molecule has 0 bridgehead atoms. The molecule has 2 unspecified atom stereocenters. The van der Waals surface area contributed by atoms with Gasteiger partial charge in [-0.15, -0.1) is 0 Å². The van der Waals surface area contributed by atoms with Crippen molar-refractivity contribution >= 4 is 0 Å². The molecule has 0 aromatic heterocycles. The highest BCUT2D eigenvalue weighted by atomic mass is 15.1. The van der Waals surface area contributed by atoms with Crippen LogP contribution in [-0.2, 0) is 6.54 Å². The average molecular weight is 229 g/mol. The van der Waals surface area contributed by atoms with Crippen molar-refractivity contribution in [1.82, 2.24) is 4.90 Å². The van der Waals surface area contributed by atoms with E-state index in [2.05, 4.69) is 42.2 Å². The minimum absolute atomic E-state index is 0.688. The van der Waals surface area contributed by atoms with Crippen molar-refractivity contribution in [3.63, 3.8) is 0 Å². The van der Waals surface area contributed by atoms with Gasteiger partial charge in [-0.25, -0.2) is 0 Å². The molecule has 0 N–H and O–H groups in total. The van der Waals surface area contributed by atoms with Crippen LogP contribution in [0.3, 0.4) is 0 Å². The van der Waals surface area contributed by atoms with Gasteiger partial charge in [-0.05, 0) is 49.1 Å². The number of rotatable bonds is 2. The molecule has 1 aromatic carbocycles. The first kappa shape index (κ1) is 11.3. The summed E-state index contributed by atoms with van der Waals surface area (Å²) in [6.45, 7) is 6.23. The minimum Gasteiger partial charge on any atom is -0.299 e. The van der Waals surface area contributed by atoms with Crippen molar-refractivity contribution in [2.45, 2.75) is 39.2 Å². The molecule has 1 aromatic rings. The van der Waals surface area contributed by atoms with Gasteiger partial charge in [0.2, 0.25) is 0 Å². The van der Waals surface area contributed by atoms with Crippen LogP contribution < -0.4 is 0 Å². The summed E-state index contributed by atoms with van der Waals surface area (Å²) in [6.07, 6.45) is 5.80. The molecule has 0 radical (unpaired) electrons. The predicted octanol–water partition coefficient (Wildman–Crippen LogP) is 3.70. The fourth-order valence-electron chi connectivity index (χ4n) is 3.68. The molecule has 1 spiro atoms. The van der Waals surface area contributed by atoms with Gasteiger partial charge in [0.15, 0.2) is 0 Å². The largest absolute Gasteiger partial charge is 0.299 e. The van der Waals surface area contributed by atoms with Crippen molar-refractivity contribution < 1.29 is 0 Å². The average Bonchev–Trinajstić information content (AvgIpc) is 2.38. The maximum Gasteiger partial charge on any atom is 0.0233 e. The van der Waals surface area contributed by atoms with Crippen LogP contribution in [0.1, 0.15) is 38.2 Å². The zero-order valence-electron chi connectivity index (χ0n) is 10.9. The number of nitrogens with zero attached hydrogens (tertiary/aromatic N) is 1. The Bertz CT molecular complexity index is 372. The first-order valence-electron chi connectivity index (χ1n) is 7.05. The van der Waals surface area contributed by atoms with E-state index in [0.29, 0.717) is 5.41 Å². The van der Waals surface area contributed by atoms with Crippen LogP contribution in [-0.4, -0.2) is 18.0 Å². The third-order valence-electron chi connectivity index (χ3n) is 5.06. The number of piperidine rings is 1. The molecule has 92 valence electrons. The molecule has 2 atom stereocenters. The summed E-state index contributed by atoms with van der Waals surface area (Å²) in [5.74, 6) is 0.959. The molecule has 1 heterocycles. The lowest BCUT2D eigenvalue weighted by Gasteiger charge is -2.54. The number of hydrogen-bond acceptors (Lipinski definition) is 1. The number of hydrogen-bond donors (Lipinski definition) is 0. The molecule has 1 aliphatic heterocycles. The van der Waals surface area contributed by atoms with Crippen molar-refractivity contribution in [1.29, 1.82) is 0 Å². The lowest BCUT2D eigenvalue weighted by atomic mass is 9.57. The summed E-state index contributed by atoms with van der Waals surface area (Å²) >= 11 is 0. The van der Waals surface area contributed by atoms with Crippen molar-refractivity contribution in [3.8, 4) is 0 Å². The van der Waals surface area contributed by atoms with Crippen LogP contribution in [0.25, 0.3) is 0 Å². The molecule has 1 aliphatic carbocycles. The maximum absolute atomic E-state index is 2.68. The topological polar surface area (TPSA) is 3.24 Å². The summed E-state index contributed by atoms with van der Waals surface area (Å²) in [4.78, 5) is 2.68. The lowest BCUT2D eigenvalue weighted by Crippen LogP contribution is -2.51.